The molecule has 0 aliphatic carbocycles. The Hall–Kier alpha value is -2.35. The van der Waals surface area contributed by atoms with E-state index < -0.39 is 0 Å². The molecule has 0 fully saturated rings. The first kappa shape index (κ1) is 9.66. The molecule has 0 aliphatic heterocycles. The summed E-state index contributed by atoms with van der Waals surface area (Å²) in [6, 6.07) is 19.2. The maximum Gasteiger partial charge on any atom is 0.294 e. The number of pyridine rings is 1. The number of aryl methyl sites for hydroxylation is 1. The second-order valence-corrected chi connectivity index (χ2v) is 4.64. The lowest BCUT2D eigenvalue weighted by atomic mass is 10.2. The molecule has 2 aromatic heterocycles. The van der Waals surface area contributed by atoms with E-state index in [0.29, 0.717) is 0 Å². The molecule has 2 heterocycles. The van der Waals surface area contributed by atoms with Crippen molar-refractivity contribution in [3.8, 4) is 0 Å². The fraction of sp³-hybridized carbons (Fsp3) is 0.0625. The number of hydrogen-bond donors (Lipinski definition) is 0. The molecule has 0 spiro atoms. The summed E-state index contributed by atoms with van der Waals surface area (Å²) in [5.41, 5.74) is 3.75. The van der Waals surface area contributed by atoms with Crippen LogP contribution in [0.4, 0.5) is 0 Å². The van der Waals surface area contributed by atoms with Crippen LogP contribution in [0, 0.1) is 0 Å². The minimum absolute atomic E-state index is 1.24. The van der Waals surface area contributed by atoms with E-state index in [1.165, 1.54) is 27.5 Å². The molecule has 0 unspecified atom stereocenters. The molecule has 0 atom stereocenters. The monoisotopic (exact) mass is 233 g/mol. The highest BCUT2D eigenvalue weighted by Crippen LogP contribution is 2.22. The quantitative estimate of drug-likeness (QED) is 0.413. The van der Waals surface area contributed by atoms with E-state index in [4.69, 9.17) is 0 Å². The van der Waals surface area contributed by atoms with E-state index >= 15 is 0 Å². The van der Waals surface area contributed by atoms with Crippen LogP contribution >= 0.6 is 0 Å². The van der Waals surface area contributed by atoms with Crippen LogP contribution in [0.3, 0.4) is 0 Å². The van der Waals surface area contributed by atoms with Crippen molar-refractivity contribution in [2.75, 3.05) is 0 Å². The molecular weight excluding hydrogens is 220 g/mol. The normalized spacial score (nSPS) is 11.6. The Morgan fingerprint density at radius 1 is 0.889 bits per heavy atom. The zero-order chi connectivity index (χ0) is 12.1. The van der Waals surface area contributed by atoms with Crippen molar-refractivity contribution in [3.63, 3.8) is 0 Å². The first-order valence-electron chi connectivity index (χ1n) is 6.13. The second kappa shape index (κ2) is 3.33. The fourth-order valence-corrected chi connectivity index (χ4v) is 2.80. The van der Waals surface area contributed by atoms with E-state index in [0.717, 1.165) is 0 Å². The Kier molecular flexibility index (Phi) is 1.78. The zero-order valence-electron chi connectivity index (χ0n) is 10.2. The molecule has 0 bridgehead atoms. The highest BCUT2D eigenvalue weighted by molar-refractivity contribution is 5.95. The molecule has 0 N–H and O–H groups in total. The van der Waals surface area contributed by atoms with Crippen molar-refractivity contribution < 1.29 is 4.57 Å². The van der Waals surface area contributed by atoms with E-state index in [9.17, 15) is 0 Å². The fourth-order valence-electron chi connectivity index (χ4n) is 2.80. The Bertz CT molecular complexity index is 887. The minimum atomic E-state index is 1.24. The number of hydrogen-bond acceptors (Lipinski definition) is 0. The number of benzene rings is 2. The molecule has 2 nitrogen and oxygen atoms in total. The molecule has 0 aliphatic rings. The molecule has 18 heavy (non-hydrogen) atoms. The standard InChI is InChI=1S/C16H13N2/c1-17-14-8-4-5-9-15(14)18-11-10-12-6-2-3-7-13(12)16(17)18/h2-11H,1H3/q+1. The zero-order valence-corrected chi connectivity index (χ0v) is 10.2. The molecular formula is C16H13N2+. The van der Waals surface area contributed by atoms with Gasteiger partial charge in [0, 0.05) is 0 Å². The third-order valence-electron chi connectivity index (χ3n) is 3.65. The lowest BCUT2D eigenvalue weighted by Crippen LogP contribution is -2.27. The van der Waals surface area contributed by atoms with Gasteiger partial charge in [0.1, 0.15) is 0 Å². The third kappa shape index (κ3) is 1.10. The van der Waals surface area contributed by atoms with E-state index in [1.54, 1.807) is 0 Å². The first-order chi connectivity index (χ1) is 8.86. The Labute approximate surface area is 105 Å². The molecule has 0 amide bonds. The average Bonchev–Trinajstić information content (AvgIpc) is 2.73. The summed E-state index contributed by atoms with van der Waals surface area (Å²) in [5.74, 6) is 0. The minimum Gasteiger partial charge on any atom is -0.225 e. The van der Waals surface area contributed by atoms with Crippen molar-refractivity contribution in [1.82, 2.24) is 4.40 Å². The molecule has 0 radical (unpaired) electrons. The highest BCUT2D eigenvalue weighted by Gasteiger charge is 2.17. The molecule has 2 aromatic carbocycles. The molecule has 0 saturated carbocycles. The van der Waals surface area contributed by atoms with Crippen LogP contribution in [0.1, 0.15) is 0 Å². The van der Waals surface area contributed by atoms with Crippen molar-refractivity contribution >= 4 is 27.5 Å². The van der Waals surface area contributed by atoms with Crippen LogP contribution in [0.2, 0.25) is 0 Å². The van der Waals surface area contributed by atoms with Gasteiger partial charge in [0.05, 0.1) is 18.6 Å². The predicted molar refractivity (Wildman–Crippen MR) is 73.6 cm³/mol. The summed E-state index contributed by atoms with van der Waals surface area (Å²) in [4.78, 5) is 0. The Balaban J connectivity index is 2.39. The summed E-state index contributed by atoms with van der Waals surface area (Å²) >= 11 is 0. The Morgan fingerprint density at radius 3 is 2.61 bits per heavy atom. The van der Waals surface area contributed by atoms with E-state index in [1.807, 2.05) is 0 Å². The van der Waals surface area contributed by atoms with Crippen LogP contribution in [-0.4, -0.2) is 4.40 Å². The van der Waals surface area contributed by atoms with Crippen LogP contribution in [0.15, 0.2) is 60.8 Å². The predicted octanol–water partition coefficient (Wildman–Crippen LogP) is 3.07. The van der Waals surface area contributed by atoms with Gasteiger partial charge in [-0.3, -0.25) is 0 Å². The lowest BCUT2D eigenvalue weighted by Gasteiger charge is -1.96. The van der Waals surface area contributed by atoms with E-state index in [-0.39, 0.29) is 0 Å². The van der Waals surface area contributed by atoms with Crippen LogP contribution in [-0.2, 0) is 7.05 Å². The molecule has 86 valence electrons. The molecule has 4 aromatic rings. The summed E-state index contributed by atoms with van der Waals surface area (Å²) in [5, 5.41) is 2.57. The summed E-state index contributed by atoms with van der Waals surface area (Å²) in [6.07, 6.45) is 2.15. The maximum atomic E-state index is 2.26. The number of fused-ring (bicyclic) bond motifs is 5. The third-order valence-corrected chi connectivity index (χ3v) is 3.65. The van der Waals surface area contributed by atoms with Crippen molar-refractivity contribution in [2.24, 2.45) is 7.05 Å². The lowest BCUT2D eigenvalue weighted by molar-refractivity contribution is -0.617. The average molecular weight is 233 g/mol. The number of para-hydroxylation sites is 2. The van der Waals surface area contributed by atoms with Crippen LogP contribution in [0.5, 0.6) is 0 Å². The number of rotatable bonds is 0. The van der Waals surface area contributed by atoms with Crippen molar-refractivity contribution in [2.45, 2.75) is 0 Å². The smallest absolute Gasteiger partial charge is 0.225 e. The van der Waals surface area contributed by atoms with Crippen molar-refractivity contribution in [1.29, 1.82) is 0 Å². The molecule has 0 saturated heterocycles. The number of nitrogens with zero attached hydrogens (tertiary/aromatic N) is 2. The van der Waals surface area contributed by atoms with Gasteiger partial charge in [0.15, 0.2) is 11.0 Å². The van der Waals surface area contributed by atoms with Crippen LogP contribution < -0.4 is 4.57 Å². The summed E-state index contributed by atoms with van der Waals surface area (Å²) < 4.78 is 4.52. The highest BCUT2D eigenvalue weighted by atomic mass is 15.1. The number of imidazole rings is 1. The SMILES string of the molecule is C[n+]1c2ccccc2n2ccc3ccccc3c21. The van der Waals surface area contributed by atoms with Gasteiger partial charge < -0.3 is 0 Å². The van der Waals surface area contributed by atoms with Gasteiger partial charge in [-0.15, -0.1) is 0 Å². The maximum absolute atomic E-state index is 2.26. The summed E-state index contributed by atoms with van der Waals surface area (Å²) in [6.45, 7) is 0. The largest absolute Gasteiger partial charge is 0.294 e. The van der Waals surface area contributed by atoms with Gasteiger partial charge in [-0.1, -0.05) is 30.3 Å². The van der Waals surface area contributed by atoms with Gasteiger partial charge >= 0.3 is 0 Å². The van der Waals surface area contributed by atoms with Gasteiger partial charge in [-0.2, -0.15) is 4.40 Å². The van der Waals surface area contributed by atoms with E-state index in [2.05, 4.69) is 76.8 Å². The second-order valence-electron chi connectivity index (χ2n) is 4.64. The van der Waals surface area contributed by atoms with Crippen LogP contribution in [0.25, 0.3) is 27.5 Å². The number of aromatic nitrogens is 2. The topological polar surface area (TPSA) is 8.29 Å². The van der Waals surface area contributed by atoms with Gasteiger partial charge in [-0.05, 0) is 29.7 Å². The molecule has 2 heteroatoms. The van der Waals surface area contributed by atoms with Crippen molar-refractivity contribution in [3.05, 3.63) is 60.8 Å². The first-order valence-corrected chi connectivity index (χ1v) is 6.13. The van der Waals surface area contributed by atoms with Gasteiger partial charge in [-0.25, -0.2) is 4.57 Å². The van der Waals surface area contributed by atoms with Gasteiger partial charge in [0.25, 0.3) is 5.65 Å². The summed E-state index contributed by atoms with van der Waals surface area (Å²) in [7, 11) is 2.13. The Morgan fingerprint density at radius 2 is 1.67 bits per heavy atom. The van der Waals surface area contributed by atoms with Gasteiger partial charge in [0.2, 0.25) is 0 Å². The molecule has 4 rings (SSSR count).